The number of hydrogen-bond acceptors (Lipinski definition) is 4. The second-order valence-electron chi connectivity index (χ2n) is 7.41. The first-order valence-corrected chi connectivity index (χ1v) is 9.97. The third-order valence-corrected chi connectivity index (χ3v) is 4.96. The number of aromatic nitrogens is 2. The normalized spacial score (nSPS) is 16.2. The van der Waals surface area contributed by atoms with E-state index in [1.807, 2.05) is 38.5 Å². The summed E-state index contributed by atoms with van der Waals surface area (Å²) in [6.07, 6.45) is 1.89. The highest BCUT2D eigenvalue weighted by Crippen LogP contribution is 2.16. The van der Waals surface area contributed by atoms with E-state index in [1.165, 1.54) is 0 Å². The van der Waals surface area contributed by atoms with Crippen molar-refractivity contribution in [3.8, 4) is 11.3 Å². The van der Waals surface area contributed by atoms with Gasteiger partial charge < -0.3 is 19.9 Å². The summed E-state index contributed by atoms with van der Waals surface area (Å²) in [7, 11) is 3.86. The van der Waals surface area contributed by atoms with Crippen LogP contribution in [0.5, 0.6) is 0 Å². The fraction of sp³-hybridized carbons (Fsp3) is 0.524. The van der Waals surface area contributed by atoms with Gasteiger partial charge in [0.05, 0.1) is 31.6 Å². The summed E-state index contributed by atoms with van der Waals surface area (Å²) < 4.78 is 5.42. The molecule has 1 aromatic heterocycles. The van der Waals surface area contributed by atoms with Gasteiger partial charge in [-0.1, -0.05) is 37.3 Å². The van der Waals surface area contributed by atoms with Crippen LogP contribution in [0.4, 0.5) is 0 Å². The second kappa shape index (κ2) is 12.1. The van der Waals surface area contributed by atoms with Crippen LogP contribution in [0, 0.1) is 5.92 Å². The maximum atomic E-state index is 5.42. The molecule has 0 saturated carbocycles. The van der Waals surface area contributed by atoms with Gasteiger partial charge in [-0.05, 0) is 11.5 Å². The van der Waals surface area contributed by atoms with Crippen LogP contribution in [-0.4, -0.2) is 79.2 Å². The van der Waals surface area contributed by atoms with E-state index in [1.54, 1.807) is 0 Å². The number of ether oxygens (including phenoxy) is 1. The van der Waals surface area contributed by atoms with Crippen molar-refractivity contribution < 1.29 is 4.74 Å². The van der Waals surface area contributed by atoms with Crippen LogP contribution in [0.15, 0.2) is 41.5 Å². The van der Waals surface area contributed by atoms with Gasteiger partial charge in [-0.2, -0.15) is 0 Å². The largest absolute Gasteiger partial charge is 0.379 e. The van der Waals surface area contributed by atoms with E-state index in [0.717, 1.165) is 62.4 Å². The molecule has 1 saturated heterocycles. The maximum Gasteiger partial charge on any atom is 0.193 e. The maximum absolute atomic E-state index is 5.42. The molecule has 1 fully saturated rings. The van der Waals surface area contributed by atoms with Crippen molar-refractivity contribution in [1.82, 2.24) is 25.1 Å². The standard InChI is InChI=1S/C21H32N6O.HI/c1-17(15-27-9-11-28-12-10-27)13-24-21(22-2)26(3)16-20-23-14-19(25-20)18-7-5-4-6-8-18;/h4-8,14,17H,9-13,15-16H2,1-3H3,(H,22,24)(H,23,25);1H. The minimum Gasteiger partial charge on any atom is -0.379 e. The third-order valence-electron chi connectivity index (χ3n) is 4.96. The molecule has 1 unspecified atom stereocenters. The first-order valence-electron chi connectivity index (χ1n) is 9.97. The van der Waals surface area contributed by atoms with Crippen molar-refractivity contribution in [2.75, 3.05) is 53.5 Å². The van der Waals surface area contributed by atoms with Gasteiger partial charge in [0.25, 0.3) is 0 Å². The lowest BCUT2D eigenvalue weighted by molar-refractivity contribution is 0.0320. The first-order chi connectivity index (χ1) is 13.7. The molecule has 1 atom stereocenters. The molecular weight excluding hydrogens is 479 g/mol. The smallest absolute Gasteiger partial charge is 0.193 e. The zero-order valence-electron chi connectivity index (χ0n) is 17.6. The van der Waals surface area contributed by atoms with E-state index < -0.39 is 0 Å². The molecule has 1 aliphatic rings. The molecule has 8 heteroatoms. The average Bonchev–Trinajstić information content (AvgIpc) is 3.18. The van der Waals surface area contributed by atoms with Crippen LogP contribution in [0.1, 0.15) is 12.7 Å². The van der Waals surface area contributed by atoms with Crippen molar-refractivity contribution in [1.29, 1.82) is 0 Å². The highest BCUT2D eigenvalue weighted by Gasteiger charge is 2.15. The molecular formula is C21H33IN6O. The number of aromatic amines is 1. The van der Waals surface area contributed by atoms with Gasteiger partial charge in [0.2, 0.25) is 0 Å². The molecule has 0 aliphatic carbocycles. The molecule has 7 nitrogen and oxygen atoms in total. The number of morpholine rings is 1. The van der Waals surface area contributed by atoms with E-state index in [4.69, 9.17) is 4.74 Å². The molecule has 160 valence electrons. The number of nitrogens with zero attached hydrogens (tertiary/aromatic N) is 4. The van der Waals surface area contributed by atoms with Gasteiger partial charge in [-0.25, -0.2) is 4.98 Å². The van der Waals surface area contributed by atoms with Crippen molar-refractivity contribution in [3.63, 3.8) is 0 Å². The summed E-state index contributed by atoms with van der Waals surface area (Å²) >= 11 is 0. The number of H-pyrrole nitrogens is 1. The van der Waals surface area contributed by atoms with Gasteiger partial charge in [0.1, 0.15) is 5.82 Å². The number of rotatable bonds is 7. The minimum absolute atomic E-state index is 0. The van der Waals surface area contributed by atoms with Gasteiger partial charge in [-0.3, -0.25) is 9.89 Å². The van der Waals surface area contributed by atoms with Crippen LogP contribution < -0.4 is 5.32 Å². The summed E-state index contributed by atoms with van der Waals surface area (Å²) in [5, 5.41) is 3.49. The third kappa shape index (κ3) is 7.27. The van der Waals surface area contributed by atoms with E-state index in [0.29, 0.717) is 12.5 Å². The summed E-state index contributed by atoms with van der Waals surface area (Å²) in [6, 6.07) is 10.2. The molecule has 3 rings (SSSR count). The van der Waals surface area contributed by atoms with Crippen molar-refractivity contribution in [2.45, 2.75) is 13.5 Å². The van der Waals surface area contributed by atoms with E-state index in [9.17, 15) is 0 Å². The van der Waals surface area contributed by atoms with Crippen LogP contribution in [0.3, 0.4) is 0 Å². The number of guanidine groups is 1. The lowest BCUT2D eigenvalue weighted by Crippen LogP contribution is -2.44. The van der Waals surface area contributed by atoms with E-state index in [-0.39, 0.29) is 24.0 Å². The van der Waals surface area contributed by atoms with E-state index in [2.05, 4.69) is 49.1 Å². The molecule has 2 heterocycles. The Balaban J connectivity index is 0.00000300. The number of hydrogen-bond donors (Lipinski definition) is 2. The summed E-state index contributed by atoms with van der Waals surface area (Å²) in [5.41, 5.74) is 2.18. The SMILES string of the molecule is CN=C(NCC(C)CN1CCOCC1)N(C)Cc1ncc(-c2ccccc2)[nH]1.I. The van der Waals surface area contributed by atoms with Gasteiger partial charge >= 0.3 is 0 Å². The number of imidazole rings is 1. The van der Waals surface area contributed by atoms with Crippen molar-refractivity contribution in [3.05, 3.63) is 42.4 Å². The Kier molecular flexibility index (Phi) is 9.89. The number of nitrogens with one attached hydrogen (secondary N) is 2. The van der Waals surface area contributed by atoms with Crippen LogP contribution in [0.25, 0.3) is 11.3 Å². The Bertz CT molecular complexity index is 745. The van der Waals surface area contributed by atoms with Crippen LogP contribution in [-0.2, 0) is 11.3 Å². The highest BCUT2D eigenvalue weighted by atomic mass is 127. The molecule has 29 heavy (non-hydrogen) atoms. The molecule has 0 radical (unpaired) electrons. The molecule has 0 spiro atoms. The Morgan fingerprint density at radius 2 is 2.03 bits per heavy atom. The Morgan fingerprint density at radius 1 is 1.31 bits per heavy atom. The topological polar surface area (TPSA) is 68.8 Å². The fourth-order valence-electron chi connectivity index (χ4n) is 3.45. The second-order valence-corrected chi connectivity index (χ2v) is 7.41. The monoisotopic (exact) mass is 512 g/mol. The van der Waals surface area contributed by atoms with Gasteiger partial charge in [0.15, 0.2) is 5.96 Å². The van der Waals surface area contributed by atoms with Crippen molar-refractivity contribution in [2.24, 2.45) is 10.9 Å². The first kappa shape index (κ1) is 23.6. The predicted octanol–water partition coefficient (Wildman–Crippen LogP) is 2.67. The lowest BCUT2D eigenvalue weighted by Gasteiger charge is -2.30. The van der Waals surface area contributed by atoms with Gasteiger partial charge in [-0.15, -0.1) is 24.0 Å². The average molecular weight is 512 g/mol. The zero-order chi connectivity index (χ0) is 19.8. The molecule has 1 aliphatic heterocycles. The summed E-state index contributed by atoms with van der Waals surface area (Å²) in [4.78, 5) is 16.9. The molecule has 2 N–H and O–H groups in total. The zero-order valence-corrected chi connectivity index (χ0v) is 19.9. The number of halogens is 1. The number of aliphatic imine (C=N–C) groups is 1. The molecule has 0 bridgehead atoms. The Hall–Kier alpha value is -1.65. The van der Waals surface area contributed by atoms with Gasteiger partial charge in [0, 0.05) is 40.3 Å². The number of benzene rings is 1. The van der Waals surface area contributed by atoms with Crippen LogP contribution >= 0.6 is 24.0 Å². The fourth-order valence-corrected chi connectivity index (χ4v) is 3.45. The molecule has 0 amide bonds. The summed E-state index contributed by atoms with van der Waals surface area (Å²) in [6.45, 7) is 8.66. The predicted molar refractivity (Wildman–Crippen MR) is 129 cm³/mol. The Labute approximate surface area is 191 Å². The summed E-state index contributed by atoms with van der Waals surface area (Å²) in [5.74, 6) is 2.34. The molecule has 1 aromatic carbocycles. The van der Waals surface area contributed by atoms with Crippen molar-refractivity contribution >= 4 is 29.9 Å². The van der Waals surface area contributed by atoms with E-state index >= 15 is 0 Å². The Morgan fingerprint density at radius 3 is 2.72 bits per heavy atom. The minimum atomic E-state index is 0. The highest BCUT2D eigenvalue weighted by molar-refractivity contribution is 14.0. The molecule has 2 aromatic rings. The lowest BCUT2D eigenvalue weighted by atomic mass is 10.1. The van der Waals surface area contributed by atoms with Crippen LogP contribution in [0.2, 0.25) is 0 Å². The quantitative estimate of drug-likeness (QED) is 0.339.